The minimum Gasteiger partial charge on any atom is -0.393 e. The van der Waals surface area contributed by atoms with Gasteiger partial charge in [0.15, 0.2) is 0 Å². The minimum absolute atomic E-state index is 0.277. The lowest BCUT2D eigenvalue weighted by Gasteiger charge is -2.41. The van der Waals surface area contributed by atoms with Crippen molar-refractivity contribution < 1.29 is 29.4 Å². The smallest absolute Gasteiger partial charge is 0.246 e. The summed E-state index contributed by atoms with van der Waals surface area (Å²) in [6, 6.07) is 8.02. The van der Waals surface area contributed by atoms with Crippen LogP contribution in [0.3, 0.4) is 0 Å². The first-order valence-electron chi connectivity index (χ1n) is 14.1. The van der Waals surface area contributed by atoms with E-state index < -0.39 is 47.6 Å². The Balaban J connectivity index is 1.85. The van der Waals surface area contributed by atoms with Crippen LogP contribution in [0.5, 0.6) is 0 Å². The summed E-state index contributed by atoms with van der Waals surface area (Å²) < 4.78 is 0. The van der Waals surface area contributed by atoms with Gasteiger partial charge < -0.3 is 31.1 Å². The molecule has 2 fully saturated rings. The number of rotatable bonds is 12. The number of hydrogen-bond acceptors (Lipinski definition) is 6. The Labute approximate surface area is 230 Å². The van der Waals surface area contributed by atoms with Crippen molar-refractivity contribution in [3.05, 3.63) is 35.9 Å². The van der Waals surface area contributed by atoms with E-state index in [-0.39, 0.29) is 11.8 Å². The Bertz CT molecular complexity index is 1020. The van der Waals surface area contributed by atoms with Crippen LogP contribution in [0.25, 0.3) is 0 Å². The molecule has 0 aromatic heterocycles. The molecule has 1 aromatic rings. The Morgan fingerprint density at radius 2 is 1.72 bits per heavy atom. The number of nitrogens with two attached hydrogens (primary N) is 1. The van der Waals surface area contributed by atoms with E-state index in [0.717, 1.165) is 12.8 Å². The van der Waals surface area contributed by atoms with Gasteiger partial charge >= 0.3 is 0 Å². The lowest BCUT2D eigenvalue weighted by Crippen LogP contribution is -2.64. The summed E-state index contributed by atoms with van der Waals surface area (Å²) in [5.41, 5.74) is 5.42. The van der Waals surface area contributed by atoms with Crippen LogP contribution < -0.4 is 11.1 Å². The predicted octanol–water partition coefficient (Wildman–Crippen LogP) is 1.12. The van der Waals surface area contributed by atoms with Crippen LogP contribution in [0.2, 0.25) is 0 Å². The molecule has 1 aromatic carbocycles. The maximum Gasteiger partial charge on any atom is 0.246 e. The number of carbonyl (C=O) groups is 4. The molecule has 0 spiro atoms. The summed E-state index contributed by atoms with van der Waals surface area (Å²) in [4.78, 5) is 56.1. The maximum absolute atomic E-state index is 14.0. The van der Waals surface area contributed by atoms with Gasteiger partial charge in [0.1, 0.15) is 17.6 Å². The van der Waals surface area contributed by atoms with E-state index >= 15 is 0 Å². The third-order valence-electron chi connectivity index (χ3n) is 8.34. The molecular weight excluding hydrogens is 500 g/mol. The van der Waals surface area contributed by atoms with Gasteiger partial charge in [0.2, 0.25) is 23.6 Å². The fraction of sp³-hybridized carbons (Fsp3) is 0.655. The van der Waals surface area contributed by atoms with E-state index in [9.17, 15) is 29.4 Å². The third-order valence-corrected chi connectivity index (χ3v) is 8.34. The van der Waals surface area contributed by atoms with Crippen molar-refractivity contribution in [1.29, 1.82) is 0 Å². The molecule has 6 atom stereocenters. The van der Waals surface area contributed by atoms with Gasteiger partial charge in [-0.1, -0.05) is 43.7 Å². The number of unbranched alkanes of at least 4 members (excludes halogenated alkanes) is 1. The summed E-state index contributed by atoms with van der Waals surface area (Å²) in [6.45, 7) is 5.35. The highest BCUT2D eigenvalue weighted by molar-refractivity contribution is 5.97. The van der Waals surface area contributed by atoms with Gasteiger partial charge in [-0.2, -0.15) is 0 Å². The molecule has 10 heteroatoms. The van der Waals surface area contributed by atoms with Crippen LogP contribution in [-0.4, -0.2) is 86.6 Å². The lowest BCUT2D eigenvalue weighted by molar-refractivity contribution is -0.154. The fourth-order valence-corrected chi connectivity index (χ4v) is 5.84. The first kappa shape index (κ1) is 30.6. The van der Waals surface area contributed by atoms with Gasteiger partial charge in [-0.05, 0) is 64.4 Å². The largest absolute Gasteiger partial charge is 0.393 e. The normalized spacial score (nSPS) is 24.2. The lowest BCUT2D eigenvalue weighted by atomic mass is 9.86. The molecule has 0 bridgehead atoms. The van der Waals surface area contributed by atoms with Crippen molar-refractivity contribution in [1.82, 2.24) is 15.1 Å². The van der Waals surface area contributed by atoms with Crippen molar-refractivity contribution in [2.45, 2.75) is 102 Å². The fourth-order valence-electron chi connectivity index (χ4n) is 5.84. The van der Waals surface area contributed by atoms with E-state index in [1.807, 2.05) is 30.3 Å². The Kier molecular flexibility index (Phi) is 10.5. The number of aryl methyl sites for hydroxylation is 1. The van der Waals surface area contributed by atoms with Gasteiger partial charge in [0.25, 0.3) is 0 Å². The van der Waals surface area contributed by atoms with E-state index in [2.05, 4.69) is 5.32 Å². The zero-order valence-electron chi connectivity index (χ0n) is 23.3. The molecule has 2 saturated heterocycles. The Morgan fingerprint density at radius 1 is 1.03 bits per heavy atom. The number of aliphatic hydroxyl groups is 2. The average molecular weight is 545 g/mol. The first-order valence-corrected chi connectivity index (χ1v) is 14.1. The molecular formula is C29H44N4O6. The minimum atomic E-state index is -1.28. The number of carbonyl (C=O) groups excluding carboxylic acids is 4. The van der Waals surface area contributed by atoms with Gasteiger partial charge in [-0.25, -0.2) is 0 Å². The van der Waals surface area contributed by atoms with Crippen molar-refractivity contribution in [2.75, 3.05) is 13.1 Å². The molecule has 39 heavy (non-hydrogen) atoms. The zero-order chi connectivity index (χ0) is 28.7. The summed E-state index contributed by atoms with van der Waals surface area (Å²) in [5.74, 6) is -2.58. The molecule has 6 unspecified atom stereocenters. The molecule has 0 aliphatic carbocycles. The quantitative estimate of drug-likeness (QED) is 0.289. The number of nitrogens with one attached hydrogen (secondary N) is 1. The molecule has 5 N–H and O–H groups in total. The second-order valence-electron chi connectivity index (χ2n) is 11.1. The molecule has 216 valence electrons. The Hall–Kier alpha value is -2.98. The number of primary amides is 1. The zero-order valence-corrected chi connectivity index (χ0v) is 23.3. The summed E-state index contributed by atoms with van der Waals surface area (Å²) >= 11 is 0. The predicted molar refractivity (Wildman–Crippen MR) is 146 cm³/mol. The number of aliphatic hydroxyl groups excluding tert-OH is 2. The second-order valence-corrected chi connectivity index (χ2v) is 11.1. The molecule has 4 amide bonds. The SMILES string of the molecule is CC(O)C(C)C(=O)N1CCCC1C(=O)N1CCCC1(CCCCc1ccccc1)C(=O)NC(C(N)=O)C(C)O. The van der Waals surface area contributed by atoms with E-state index in [0.29, 0.717) is 51.6 Å². The standard InChI is InChI=1S/C29H44N4O6/c1-19(20(2)34)26(37)32-17-9-14-23(32)27(38)33-18-10-16-29(33,28(39)31-24(21(3)35)25(30)36)15-8-7-13-22-11-5-4-6-12-22/h4-6,11-12,19-21,23-24,34-35H,7-10,13-18H2,1-3H3,(H2,30,36)(H,31,39). The summed E-state index contributed by atoms with van der Waals surface area (Å²) in [5, 5.41) is 22.7. The van der Waals surface area contributed by atoms with Crippen molar-refractivity contribution in [2.24, 2.45) is 11.7 Å². The topological polar surface area (TPSA) is 153 Å². The van der Waals surface area contributed by atoms with Gasteiger partial charge in [0, 0.05) is 13.1 Å². The molecule has 2 aliphatic heterocycles. The number of nitrogens with zero attached hydrogens (tertiary/aromatic N) is 2. The van der Waals surface area contributed by atoms with Crippen LogP contribution in [0, 0.1) is 5.92 Å². The Morgan fingerprint density at radius 3 is 2.33 bits per heavy atom. The van der Waals surface area contributed by atoms with Gasteiger partial charge in [-0.3, -0.25) is 19.2 Å². The van der Waals surface area contributed by atoms with Crippen molar-refractivity contribution in [3.8, 4) is 0 Å². The molecule has 2 aliphatic rings. The first-order chi connectivity index (χ1) is 18.5. The van der Waals surface area contributed by atoms with Crippen LogP contribution in [0.1, 0.15) is 71.3 Å². The van der Waals surface area contributed by atoms with E-state index in [4.69, 9.17) is 5.73 Å². The highest BCUT2D eigenvalue weighted by atomic mass is 16.3. The highest BCUT2D eigenvalue weighted by Gasteiger charge is 2.52. The molecule has 0 radical (unpaired) electrons. The summed E-state index contributed by atoms with van der Waals surface area (Å²) in [6.07, 6.45) is 2.77. The van der Waals surface area contributed by atoms with Crippen LogP contribution in [0.4, 0.5) is 0 Å². The maximum atomic E-state index is 14.0. The molecule has 0 saturated carbocycles. The number of amides is 4. The number of likely N-dealkylation sites (tertiary alicyclic amines) is 2. The molecule has 10 nitrogen and oxygen atoms in total. The monoisotopic (exact) mass is 544 g/mol. The number of benzene rings is 1. The van der Waals surface area contributed by atoms with E-state index in [1.165, 1.54) is 17.4 Å². The van der Waals surface area contributed by atoms with Crippen molar-refractivity contribution >= 4 is 23.6 Å². The molecule has 2 heterocycles. The molecule has 3 rings (SSSR count). The van der Waals surface area contributed by atoms with Gasteiger partial charge in [0.05, 0.1) is 18.1 Å². The highest BCUT2D eigenvalue weighted by Crippen LogP contribution is 2.37. The average Bonchev–Trinajstić information content (AvgIpc) is 3.57. The van der Waals surface area contributed by atoms with E-state index in [1.54, 1.807) is 18.7 Å². The van der Waals surface area contributed by atoms with Crippen LogP contribution >= 0.6 is 0 Å². The second kappa shape index (κ2) is 13.4. The number of hydrogen-bond donors (Lipinski definition) is 4. The van der Waals surface area contributed by atoms with Gasteiger partial charge in [-0.15, -0.1) is 0 Å². The van der Waals surface area contributed by atoms with Crippen molar-refractivity contribution in [3.63, 3.8) is 0 Å². The van der Waals surface area contributed by atoms with Crippen LogP contribution in [-0.2, 0) is 25.6 Å². The van der Waals surface area contributed by atoms with Crippen LogP contribution in [0.15, 0.2) is 30.3 Å². The summed E-state index contributed by atoms with van der Waals surface area (Å²) in [7, 11) is 0. The third kappa shape index (κ3) is 6.97.